The van der Waals surface area contributed by atoms with Crippen LogP contribution in [0.3, 0.4) is 0 Å². The summed E-state index contributed by atoms with van der Waals surface area (Å²) in [7, 11) is 0. The molecule has 0 atom stereocenters. The van der Waals surface area contributed by atoms with E-state index < -0.39 is 0 Å². The monoisotopic (exact) mass is 646 g/mol. The van der Waals surface area contributed by atoms with Gasteiger partial charge in [0, 0.05) is 27.1 Å². The van der Waals surface area contributed by atoms with Gasteiger partial charge in [-0.15, -0.1) is 0 Å². The molecule has 0 unspecified atom stereocenters. The molecule has 51 heavy (non-hydrogen) atoms. The Morgan fingerprint density at radius 1 is 0.353 bits per heavy atom. The SMILES string of the molecule is c1ccc2c(-c3cc(-c4cccc5ccccc45)nc(-n4c5ccccc5c5c6c7ccccc7ccc6c6ccccc6c54)c3)cccc2c1. The van der Waals surface area contributed by atoms with Gasteiger partial charge >= 0.3 is 0 Å². The van der Waals surface area contributed by atoms with Crippen LogP contribution in [-0.4, -0.2) is 9.55 Å². The van der Waals surface area contributed by atoms with Gasteiger partial charge in [0.2, 0.25) is 0 Å². The molecule has 0 aliphatic carbocycles. The van der Waals surface area contributed by atoms with E-state index >= 15 is 0 Å². The average molecular weight is 647 g/mol. The lowest BCUT2D eigenvalue weighted by molar-refractivity contribution is 1.09. The fourth-order valence-electron chi connectivity index (χ4n) is 8.53. The molecule has 11 aromatic rings. The number of para-hydroxylation sites is 1. The number of hydrogen-bond acceptors (Lipinski definition) is 1. The number of hydrogen-bond donors (Lipinski definition) is 0. The maximum atomic E-state index is 5.61. The molecule has 11 rings (SSSR count). The molecule has 2 heterocycles. The van der Waals surface area contributed by atoms with Gasteiger partial charge < -0.3 is 0 Å². The number of rotatable bonds is 3. The molecule has 2 nitrogen and oxygen atoms in total. The Labute approximate surface area is 294 Å². The normalized spacial score (nSPS) is 11.9. The molecule has 2 aromatic heterocycles. The van der Waals surface area contributed by atoms with Crippen LogP contribution in [0.4, 0.5) is 0 Å². The Morgan fingerprint density at radius 2 is 0.902 bits per heavy atom. The van der Waals surface area contributed by atoms with Gasteiger partial charge in [-0.1, -0.05) is 164 Å². The van der Waals surface area contributed by atoms with E-state index in [4.69, 9.17) is 4.98 Å². The molecule has 0 aliphatic heterocycles. The highest BCUT2D eigenvalue weighted by Crippen LogP contribution is 2.45. The van der Waals surface area contributed by atoms with Gasteiger partial charge in [0.15, 0.2) is 0 Å². The van der Waals surface area contributed by atoms with Crippen LogP contribution in [0, 0.1) is 0 Å². The quantitative estimate of drug-likeness (QED) is 0.175. The van der Waals surface area contributed by atoms with Gasteiger partial charge in [0.25, 0.3) is 0 Å². The first-order valence-corrected chi connectivity index (χ1v) is 17.6. The van der Waals surface area contributed by atoms with E-state index in [0.29, 0.717) is 0 Å². The van der Waals surface area contributed by atoms with E-state index in [9.17, 15) is 0 Å². The van der Waals surface area contributed by atoms with Crippen molar-refractivity contribution in [2.24, 2.45) is 0 Å². The first-order valence-electron chi connectivity index (χ1n) is 17.6. The van der Waals surface area contributed by atoms with Gasteiger partial charge in [0.05, 0.1) is 16.7 Å². The zero-order chi connectivity index (χ0) is 33.5. The van der Waals surface area contributed by atoms with Crippen LogP contribution in [0.1, 0.15) is 0 Å². The third-order valence-electron chi connectivity index (χ3n) is 10.7. The van der Waals surface area contributed by atoms with Crippen molar-refractivity contribution in [3.8, 4) is 28.2 Å². The van der Waals surface area contributed by atoms with Crippen LogP contribution in [0.15, 0.2) is 182 Å². The predicted molar refractivity (Wildman–Crippen MR) is 217 cm³/mol. The summed E-state index contributed by atoms with van der Waals surface area (Å²) in [6, 6.07) is 66.1. The summed E-state index contributed by atoms with van der Waals surface area (Å²) >= 11 is 0. The third kappa shape index (κ3) is 4.14. The molecular formula is C49H30N2. The van der Waals surface area contributed by atoms with Crippen LogP contribution in [0.5, 0.6) is 0 Å². The van der Waals surface area contributed by atoms with E-state index in [-0.39, 0.29) is 0 Å². The Kier molecular flexibility index (Phi) is 5.99. The minimum absolute atomic E-state index is 0.902. The summed E-state index contributed by atoms with van der Waals surface area (Å²) in [5, 5.41) is 14.9. The molecule has 0 N–H and O–H groups in total. The maximum Gasteiger partial charge on any atom is 0.138 e. The molecule has 0 saturated carbocycles. The molecule has 0 spiro atoms. The smallest absolute Gasteiger partial charge is 0.138 e. The zero-order valence-corrected chi connectivity index (χ0v) is 27.7. The van der Waals surface area contributed by atoms with Crippen LogP contribution in [0.25, 0.3) is 104 Å². The highest BCUT2D eigenvalue weighted by Gasteiger charge is 2.22. The minimum atomic E-state index is 0.902. The maximum absolute atomic E-state index is 5.61. The number of pyridine rings is 1. The first-order chi connectivity index (χ1) is 25.3. The van der Waals surface area contributed by atoms with E-state index in [0.717, 1.165) is 28.2 Å². The van der Waals surface area contributed by atoms with Gasteiger partial charge in [0.1, 0.15) is 5.82 Å². The molecule has 0 aliphatic rings. The van der Waals surface area contributed by atoms with Crippen molar-refractivity contribution in [3.63, 3.8) is 0 Å². The van der Waals surface area contributed by atoms with Crippen molar-refractivity contribution >= 4 is 75.7 Å². The second kappa shape index (κ2) is 10.9. The highest BCUT2D eigenvalue weighted by atomic mass is 15.1. The van der Waals surface area contributed by atoms with Crippen LogP contribution in [0.2, 0.25) is 0 Å². The zero-order valence-electron chi connectivity index (χ0n) is 27.7. The summed E-state index contributed by atoms with van der Waals surface area (Å²) in [5.41, 5.74) is 6.74. The first kappa shape index (κ1) is 28.1. The second-order valence-corrected chi connectivity index (χ2v) is 13.5. The summed E-state index contributed by atoms with van der Waals surface area (Å²) in [5.74, 6) is 0.902. The molecule has 9 aromatic carbocycles. The van der Waals surface area contributed by atoms with E-state index in [1.165, 1.54) is 75.7 Å². The molecule has 0 radical (unpaired) electrons. The summed E-state index contributed by atoms with van der Waals surface area (Å²) in [6.45, 7) is 0. The van der Waals surface area contributed by atoms with E-state index in [2.05, 4.69) is 187 Å². The van der Waals surface area contributed by atoms with Crippen molar-refractivity contribution in [2.45, 2.75) is 0 Å². The number of fused-ring (bicyclic) bond motifs is 12. The Balaban J connectivity index is 1.34. The van der Waals surface area contributed by atoms with Crippen molar-refractivity contribution < 1.29 is 0 Å². The number of nitrogens with zero attached hydrogens (tertiary/aromatic N) is 2. The van der Waals surface area contributed by atoms with Gasteiger partial charge in [-0.2, -0.15) is 0 Å². The molecule has 2 heteroatoms. The second-order valence-electron chi connectivity index (χ2n) is 13.5. The topological polar surface area (TPSA) is 17.8 Å². The van der Waals surface area contributed by atoms with Crippen molar-refractivity contribution in [1.29, 1.82) is 0 Å². The van der Waals surface area contributed by atoms with Crippen molar-refractivity contribution in [3.05, 3.63) is 182 Å². The number of aromatic nitrogens is 2. The lowest BCUT2D eigenvalue weighted by atomic mass is 9.93. The number of benzene rings is 9. The largest absolute Gasteiger partial charge is 0.293 e. The Bertz CT molecular complexity index is 3090. The predicted octanol–water partition coefficient (Wildman–Crippen LogP) is 13.3. The molecule has 236 valence electrons. The fraction of sp³-hybridized carbons (Fsp3) is 0. The highest BCUT2D eigenvalue weighted by molar-refractivity contribution is 6.36. The Morgan fingerprint density at radius 3 is 1.65 bits per heavy atom. The lowest BCUT2D eigenvalue weighted by Gasteiger charge is -2.16. The lowest BCUT2D eigenvalue weighted by Crippen LogP contribution is -2.01. The standard InChI is InChI=1S/C49H30N2/c1-4-18-35-31(13-1)16-11-24-37(35)34-29-44(40-25-12-17-32-14-2-5-19-36(32)40)50-46(30-34)51-45-26-10-9-23-43(45)48-47-38-20-6-3-15-33(38)27-28-41(47)39-21-7-8-22-42(39)49(48)51/h1-30H. The van der Waals surface area contributed by atoms with Crippen molar-refractivity contribution in [2.75, 3.05) is 0 Å². The minimum Gasteiger partial charge on any atom is -0.293 e. The fourth-order valence-corrected chi connectivity index (χ4v) is 8.53. The van der Waals surface area contributed by atoms with Gasteiger partial charge in [-0.3, -0.25) is 4.57 Å². The average Bonchev–Trinajstić information content (AvgIpc) is 3.55. The molecular weight excluding hydrogens is 617 g/mol. The van der Waals surface area contributed by atoms with Gasteiger partial charge in [-0.25, -0.2) is 4.98 Å². The van der Waals surface area contributed by atoms with E-state index in [1.807, 2.05) is 0 Å². The van der Waals surface area contributed by atoms with Crippen LogP contribution >= 0.6 is 0 Å². The van der Waals surface area contributed by atoms with Crippen LogP contribution in [-0.2, 0) is 0 Å². The molecule has 0 saturated heterocycles. The van der Waals surface area contributed by atoms with Crippen LogP contribution < -0.4 is 0 Å². The summed E-state index contributed by atoms with van der Waals surface area (Å²) in [4.78, 5) is 5.61. The third-order valence-corrected chi connectivity index (χ3v) is 10.7. The summed E-state index contributed by atoms with van der Waals surface area (Å²) in [6.07, 6.45) is 0. The molecule has 0 bridgehead atoms. The summed E-state index contributed by atoms with van der Waals surface area (Å²) < 4.78 is 2.43. The molecule has 0 amide bonds. The van der Waals surface area contributed by atoms with Gasteiger partial charge in [-0.05, 0) is 72.4 Å². The molecule has 0 fully saturated rings. The van der Waals surface area contributed by atoms with E-state index in [1.54, 1.807) is 0 Å². The Hall–Kier alpha value is -6.77. The van der Waals surface area contributed by atoms with Crippen molar-refractivity contribution in [1.82, 2.24) is 9.55 Å².